The van der Waals surface area contributed by atoms with Crippen molar-refractivity contribution in [2.24, 2.45) is 5.92 Å². The average Bonchev–Trinajstić information content (AvgIpc) is 2.91. The van der Waals surface area contributed by atoms with Crippen LogP contribution in [0.3, 0.4) is 0 Å². The van der Waals surface area contributed by atoms with E-state index in [0.29, 0.717) is 17.1 Å². The highest BCUT2D eigenvalue weighted by atomic mass is 35.5. The molecule has 0 aromatic heterocycles. The lowest BCUT2D eigenvalue weighted by atomic mass is 10.1. The number of benzene rings is 1. The molecule has 1 amide bonds. The van der Waals surface area contributed by atoms with Gasteiger partial charge >= 0.3 is 5.97 Å². The highest BCUT2D eigenvalue weighted by Crippen LogP contribution is 2.21. The van der Waals surface area contributed by atoms with E-state index in [1.165, 1.54) is 0 Å². The number of rotatable bonds is 5. The van der Waals surface area contributed by atoms with Crippen molar-refractivity contribution in [2.75, 3.05) is 5.32 Å². The van der Waals surface area contributed by atoms with Gasteiger partial charge in [-0.05, 0) is 43.9 Å². The van der Waals surface area contributed by atoms with Crippen LogP contribution in [-0.2, 0) is 14.3 Å². The van der Waals surface area contributed by atoms with E-state index in [2.05, 4.69) is 11.4 Å². The van der Waals surface area contributed by atoms with Gasteiger partial charge in [0, 0.05) is 10.7 Å². The highest BCUT2D eigenvalue weighted by molar-refractivity contribution is 6.30. The number of ether oxygens (including phenoxy) is 1. The molecule has 0 bridgehead atoms. The zero-order valence-corrected chi connectivity index (χ0v) is 12.6. The second-order valence-corrected chi connectivity index (χ2v) is 5.54. The summed E-state index contributed by atoms with van der Waals surface area (Å²) >= 11 is 5.84. The molecule has 0 unspecified atom stereocenters. The fourth-order valence-electron chi connectivity index (χ4n) is 2.19. The van der Waals surface area contributed by atoms with E-state index in [4.69, 9.17) is 16.3 Å². The summed E-state index contributed by atoms with van der Waals surface area (Å²) in [6.45, 7) is 1.56. The minimum absolute atomic E-state index is 0.237. The van der Waals surface area contributed by atoms with Crippen molar-refractivity contribution in [2.45, 2.75) is 32.3 Å². The molecular weight excluding hydrogens is 290 g/mol. The second-order valence-electron chi connectivity index (χ2n) is 5.10. The monoisotopic (exact) mass is 307 g/mol. The topological polar surface area (TPSA) is 55.4 Å². The zero-order chi connectivity index (χ0) is 15.2. The lowest BCUT2D eigenvalue weighted by molar-refractivity contribution is -0.153. The van der Waals surface area contributed by atoms with Crippen molar-refractivity contribution in [3.8, 4) is 0 Å². The largest absolute Gasteiger partial charge is 0.453 e. The average molecular weight is 308 g/mol. The van der Waals surface area contributed by atoms with Gasteiger partial charge in [0.2, 0.25) is 0 Å². The van der Waals surface area contributed by atoms with Crippen LogP contribution in [0.1, 0.15) is 26.2 Å². The van der Waals surface area contributed by atoms with Gasteiger partial charge in [-0.3, -0.25) is 9.59 Å². The van der Waals surface area contributed by atoms with Gasteiger partial charge in [-0.2, -0.15) is 0 Å². The van der Waals surface area contributed by atoms with Crippen LogP contribution in [-0.4, -0.2) is 18.0 Å². The van der Waals surface area contributed by atoms with E-state index in [1.54, 1.807) is 31.2 Å². The third-order valence-corrected chi connectivity index (χ3v) is 3.55. The summed E-state index contributed by atoms with van der Waals surface area (Å²) in [7, 11) is 0. The van der Waals surface area contributed by atoms with Gasteiger partial charge in [0.1, 0.15) is 0 Å². The number of hydrogen-bond donors (Lipinski definition) is 1. The molecule has 0 radical (unpaired) electrons. The molecule has 1 aliphatic carbocycles. The molecule has 112 valence electrons. The lowest BCUT2D eigenvalue weighted by Crippen LogP contribution is -2.30. The summed E-state index contributed by atoms with van der Waals surface area (Å²) in [5, 5.41) is 3.20. The Bertz CT molecular complexity index is 556. The Morgan fingerprint density at radius 2 is 2.29 bits per heavy atom. The maximum absolute atomic E-state index is 12.0. The molecule has 0 saturated carbocycles. The summed E-state index contributed by atoms with van der Waals surface area (Å²) in [6.07, 6.45) is 5.55. The third kappa shape index (κ3) is 4.90. The van der Waals surface area contributed by atoms with Gasteiger partial charge in [-0.1, -0.05) is 29.8 Å². The number of nitrogens with one attached hydrogen (secondary N) is 1. The van der Waals surface area contributed by atoms with E-state index in [-0.39, 0.29) is 17.8 Å². The van der Waals surface area contributed by atoms with Crippen LogP contribution in [0.2, 0.25) is 5.02 Å². The summed E-state index contributed by atoms with van der Waals surface area (Å²) in [5.74, 6) is -0.478. The van der Waals surface area contributed by atoms with Crippen molar-refractivity contribution >= 4 is 29.2 Å². The van der Waals surface area contributed by atoms with Crippen molar-refractivity contribution in [1.82, 2.24) is 0 Å². The van der Waals surface area contributed by atoms with Crippen LogP contribution in [0.25, 0.3) is 0 Å². The van der Waals surface area contributed by atoms with E-state index in [0.717, 1.165) is 12.8 Å². The second kappa shape index (κ2) is 7.27. The number of carbonyl (C=O) groups is 2. The first kappa shape index (κ1) is 15.6. The summed E-state index contributed by atoms with van der Waals surface area (Å²) in [6, 6.07) is 6.82. The minimum Gasteiger partial charge on any atom is -0.453 e. The quantitative estimate of drug-likeness (QED) is 0.668. The van der Waals surface area contributed by atoms with E-state index >= 15 is 0 Å². The summed E-state index contributed by atoms with van der Waals surface area (Å²) < 4.78 is 5.16. The molecule has 2 rings (SSSR count). The van der Waals surface area contributed by atoms with Crippen LogP contribution < -0.4 is 5.32 Å². The first-order chi connectivity index (χ1) is 10.0. The van der Waals surface area contributed by atoms with Gasteiger partial charge in [0.25, 0.3) is 5.91 Å². The maximum Gasteiger partial charge on any atom is 0.307 e. The predicted octanol–water partition coefficient (Wildman–Crippen LogP) is 3.57. The molecule has 1 aromatic rings. The molecular formula is C16H18ClNO3. The number of hydrogen-bond acceptors (Lipinski definition) is 3. The van der Waals surface area contributed by atoms with Crippen LogP contribution in [0.5, 0.6) is 0 Å². The van der Waals surface area contributed by atoms with E-state index < -0.39 is 6.10 Å². The smallest absolute Gasteiger partial charge is 0.307 e. The molecule has 0 spiro atoms. The van der Waals surface area contributed by atoms with Crippen LogP contribution in [0.4, 0.5) is 5.69 Å². The molecule has 5 heteroatoms. The molecule has 0 saturated heterocycles. The van der Waals surface area contributed by atoms with Crippen molar-refractivity contribution < 1.29 is 14.3 Å². The normalized spacial score (nSPS) is 18.3. The Morgan fingerprint density at radius 3 is 2.95 bits per heavy atom. The molecule has 2 atom stereocenters. The standard InChI is InChI=1S/C16H18ClNO3/c1-11(21-15(19)9-12-5-2-3-6-12)16(20)18-14-8-4-7-13(17)10-14/h2,4-5,7-8,10-12H,3,6,9H2,1H3,(H,18,20)/t11-,12+/m1/s1. The molecule has 4 nitrogen and oxygen atoms in total. The molecule has 0 heterocycles. The predicted molar refractivity (Wildman–Crippen MR) is 82.1 cm³/mol. The third-order valence-electron chi connectivity index (χ3n) is 3.31. The van der Waals surface area contributed by atoms with Crippen LogP contribution in [0.15, 0.2) is 36.4 Å². The van der Waals surface area contributed by atoms with Crippen LogP contribution in [0, 0.1) is 5.92 Å². The molecule has 1 aliphatic rings. The Morgan fingerprint density at radius 1 is 1.48 bits per heavy atom. The van der Waals surface area contributed by atoms with Crippen molar-refractivity contribution in [1.29, 1.82) is 0 Å². The van der Waals surface area contributed by atoms with Gasteiger partial charge < -0.3 is 10.1 Å². The van der Waals surface area contributed by atoms with Crippen molar-refractivity contribution in [3.05, 3.63) is 41.4 Å². The highest BCUT2D eigenvalue weighted by Gasteiger charge is 2.21. The number of halogens is 1. The minimum atomic E-state index is -0.832. The Kier molecular flexibility index (Phi) is 5.39. The Balaban J connectivity index is 1.81. The first-order valence-corrected chi connectivity index (χ1v) is 7.35. The SMILES string of the molecule is C[C@@H](OC(=O)C[C@H]1C=CCC1)C(=O)Nc1cccc(Cl)c1. The molecule has 0 aliphatic heterocycles. The van der Waals surface area contributed by atoms with Gasteiger partial charge in [-0.25, -0.2) is 0 Å². The Labute approximate surface area is 129 Å². The first-order valence-electron chi connectivity index (χ1n) is 6.97. The number of allylic oxidation sites excluding steroid dienone is 2. The fourth-order valence-corrected chi connectivity index (χ4v) is 2.38. The Hall–Kier alpha value is -1.81. The molecule has 21 heavy (non-hydrogen) atoms. The van der Waals surface area contributed by atoms with Gasteiger partial charge in [-0.15, -0.1) is 0 Å². The number of amides is 1. The van der Waals surface area contributed by atoms with Crippen molar-refractivity contribution in [3.63, 3.8) is 0 Å². The molecule has 1 N–H and O–H groups in total. The number of carbonyl (C=O) groups excluding carboxylic acids is 2. The number of anilines is 1. The molecule has 1 aromatic carbocycles. The van der Waals surface area contributed by atoms with E-state index in [9.17, 15) is 9.59 Å². The maximum atomic E-state index is 12.0. The fraction of sp³-hybridized carbons (Fsp3) is 0.375. The van der Waals surface area contributed by atoms with E-state index in [1.807, 2.05) is 6.08 Å². The summed E-state index contributed by atoms with van der Waals surface area (Å²) in [5.41, 5.74) is 0.578. The van der Waals surface area contributed by atoms with Crippen LogP contribution >= 0.6 is 11.6 Å². The lowest BCUT2D eigenvalue weighted by Gasteiger charge is -2.15. The van der Waals surface area contributed by atoms with Gasteiger partial charge in [0.15, 0.2) is 6.10 Å². The van der Waals surface area contributed by atoms with Gasteiger partial charge in [0.05, 0.1) is 6.42 Å². The molecule has 0 fully saturated rings. The number of esters is 1. The zero-order valence-electron chi connectivity index (χ0n) is 11.8. The summed E-state index contributed by atoms with van der Waals surface area (Å²) in [4.78, 5) is 23.7.